The number of rotatable bonds is 5. The molecule has 0 unspecified atom stereocenters. The lowest BCUT2D eigenvalue weighted by atomic mass is 9.97. The van der Waals surface area contributed by atoms with Crippen molar-refractivity contribution in [3.8, 4) is 0 Å². The Kier molecular flexibility index (Phi) is 4.44. The third-order valence-corrected chi connectivity index (χ3v) is 2.72. The molecule has 0 fully saturated rings. The summed E-state index contributed by atoms with van der Waals surface area (Å²) >= 11 is 0. The molecule has 5 nitrogen and oxygen atoms in total. The predicted octanol–water partition coefficient (Wildman–Crippen LogP) is 3.39. The molecular formula is C13H18N2O3. The molecule has 0 aromatic heterocycles. The zero-order valence-electron chi connectivity index (χ0n) is 10.8. The van der Waals surface area contributed by atoms with Gasteiger partial charge in [0.15, 0.2) is 0 Å². The van der Waals surface area contributed by atoms with Gasteiger partial charge in [0.1, 0.15) is 0 Å². The fourth-order valence-corrected chi connectivity index (χ4v) is 1.95. The number of nitro groups is 1. The van der Waals surface area contributed by atoms with Gasteiger partial charge in [-0.05, 0) is 25.0 Å². The van der Waals surface area contributed by atoms with E-state index in [1.54, 1.807) is 0 Å². The summed E-state index contributed by atoms with van der Waals surface area (Å²) in [5.74, 6) is 0.183. The van der Waals surface area contributed by atoms with Crippen molar-refractivity contribution in [3.05, 3.63) is 46.5 Å². The van der Waals surface area contributed by atoms with Crippen LogP contribution in [0.25, 0.3) is 0 Å². The van der Waals surface area contributed by atoms with Gasteiger partial charge in [-0.1, -0.05) is 26.0 Å². The zero-order valence-corrected chi connectivity index (χ0v) is 10.8. The largest absolute Gasteiger partial charge is 0.288 e. The van der Waals surface area contributed by atoms with Crippen molar-refractivity contribution in [1.82, 2.24) is 0 Å². The van der Waals surface area contributed by atoms with Crippen LogP contribution in [0.3, 0.4) is 0 Å². The monoisotopic (exact) mass is 250 g/mol. The second kappa shape index (κ2) is 5.64. The van der Waals surface area contributed by atoms with Crippen molar-refractivity contribution in [2.24, 2.45) is 5.92 Å². The molecule has 0 spiro atoms. The Morgan fingerprint density at radius 2 is 1.89 bits per heavy atom. The third kappa shape index (κ3) is 3.07. The average Bonchev–Trinajstić information content (AvgIpc) is 2.28. The molecule has 98 valence electrons. The van der Waals surface area contributed by atoms with Gasteiger partial charge in [-0.3, -0.25) is 15.3 Å². The van der Waals surface area contributed by atoms with Gasteiger partial charge < -0.3 is 0 Å². The van der Waals surface area contributed by atoms with Crippen molar-refractivity contribution in [3.63, 3.8) is 0 Å². The molecule has 0 saturated heterocycles. The number of hydroxylamine groups is 1. The second-order valence-electron chi connectivity index (χ2n) is 4.65. The van der Waals surface area contributed by atoms with Crippen LogP contribution in [0.15, 0.2) is 36.4 Å². The van der Waals surface area contributed by atoms with Crippen LogP contribution in [0.2, 0.25) is 0 Å². The molecule has 1 N–H and O–H groups in total. The van der Waals surface area contributed by atoms with Gasteiger partial charge >= 0.3 is 0 Å². The molecule has 1 aromatic rings. The number of anilines is 1. The second-order valence-corrected chi connectivity index (χ2v) is 4.65. The maximum Gasteiger partial charge on any atom is 0.269 e. The summed E-state index contributed by atoms with van der Waals surface area (Å²) in [6, 6.07) is 5.57. The van der Waals surface area contributed by atoms with Crippen LogP contribution in [0.5, 0.6) is 0 Å². The summed E-state index contributed by atoms with van der Waals surface area (Å²) in [6.45, 7) is 9.67. The topological polar surface area (TPSA) is 66.6 Å². The standard InChI is InChI=1S/C13H18N2O3/c1-9(2)13(10(3)4)14(16)11-5-7-12(8-6-11)15(17)18/h5-8,10,13,16H,1H2,2-4H3/t13-/m0/s1. The van der Waals surface area contributed by atoms with Gasteiger partial charge in [0.25, 0.3) is 5.69 Å². The zero-order chi connectivity index (χ0) is 13.9. The number of benzene rings is 1. The van der Waals surface area contributed by atoms with Crippen LogP contribution in [0.4, 0.5) is 11.4 Å². The highest BCUT2D eigenvalue weighted by atomic mass is 16.6. The van der Waals surface area contributed by atoms with E-state index in [4.69, 9.17) is 0 Å². The van der Waals surface area contributed by atoms with Crippen LogP contribution < -0.4 is 5.06 Å². The SMILES string of the molecule is C=C(C)[C@@H](C(C)C)N(O)c1ccc([N+](=O)[O-])cc1. The van der Waals surface area contributed by atoms with E-state index in [0.717, 1.165) is 10.6 Å². The van der Waals surface area contributed by atoms with Crippen molar-refractivity contribution < 1.29 is 10.1 Å². The number of hydrogen-bond donors (Lipinski definition) is 1. The first-order chi connectivity index (χ1) is 8.34. The summed E-state index contributed by atoms with van der Waals surface area (Å²) in [5, 5.41) is 21.8. The molecule has 0 heterocycles. The molecular weight excluding hydrogens is 232 g/mol. The lowest BCUT2D eigenvalue weighted by molar-refractivity contribution is -0.384. The van der Waals surface area contributed by atoms with Gasteiger partial charge in [-0.25, -0.2) is 5.06 Å². The van der Waals surface area contributed by atoms with Crippen LogP contribution >= 0.6 is 0 Å². The van der Waals surface area contributed by atoms with Crippen molar-refractivity contribution in [2.45, 2.75) is 26.8 Å². The summed E-state index contributed by atoms with van der Waals surface area (Å²) in [4.78, 5) is 10.1. The van der Waals surface area contributed by atoms with Crippen LogP contribution in [-0.4, -0.2) is 16.2 Å². The van der Waals surface area contributed by atoms with Crippen LogP contribution in [0.1, 0.15) is 20.8 Å². The molecule has 0 amide bonds. The molecule has 1 rings (SSSR count). The molecule has 5 heteroatoms. The highest BCUT2D eigenvalue weighted by molar-refractivity contribution is 5.50. The lowest BCUT2D eigenvalue weighted by Gasteiger charge is -2.31. The van der Waals surface area contributed by atoms with Crippen LogP contribution in [0, 0.1) is 16.0 Å². The first-order valence-electron chi connectivity index (χ1n) is 5.72. The normalized spacial score (nSPS) is 12.3. The quantitative estimate of drug-likeness (QED) is 0.494. The van der Waals surface area contributed by atoms with Gasteiger partial charge in [0.2, 0.25) is 0 Å². The number of non-ortho nitro benzene ring substituents is 1. The van der Waals surface area contributed by atoms with Gasteiger partial charge in [0.05, 0.1) is 16.7 Å². The van der Waals surface area contributed by atoms with Crippen LogP contribution in [-0.2, 0) is 0 Å². The molecule has 0 saturated carbocycles. The molecule has 1 aromatic carbocycles. The average molecular weight is 250 g/mol. The Morgan fingerprint density at radius 1 is 1.39 bits per heavy atom. The minimum Gasteiger partial charge on any atom is -0.288 e. The lowest BCUT2D eigenvalue weighted by Crippen LogP contribution is -2.37. The first kappa shape index (κ1) is 14.2. The number of nitrogens with zero attached hydrogens (tertiary/aromatic N) is 2. The minimum absolute atomic E-state index is 0.00331. The van der Waals surface area contributed by atoms with Crippen molar-refractivity contribution in [2.75, 3.05) is 5.06 Å². The maximum atomic E-state index is 10.5. The smallest absolute Gasteiger partial charge is 0.269 e. The Bertz CT molecular complexity index is 440. The Balaban J connectivity index is 2.98. The van der Waals surface area contributed by atoms with E-state index in [1.165, 1.54) is 24.3 Å². The van der Waals surface area contributed by atoms with E-state index >= 15 is 0 Å². The van der Waals surface area contributed by atoms with E-state index < -0.39 is 4.92 Å². The van der Waals surface area contributed by atoms with E-state index in [1.807, 2.05) is 20.8 Å². The minimum atomic E-state index is -0.468. The van der Waals surface area contributed by atoms with Gasteiger partial charge in [-0.15, -0.1) is 0 Å². The molecule has 0 aliphatic rings. The predicted molar refractivity (Wildman–Crippen MR) is 70.8 cm³/mol. The van der Waals surface area contributed by atoms with Gasteiger partial charge in [0, 0.05) is 12.1 Å². The molecule has 0 bridgehead atoms. The third-order valence-electron chi connectivity index (χ3n) is 2.72. The van der Waals surface area contributed by atoms with Crippen molar-refractivity contribution in [1.29, 1.82) is 0 Å². The fourth-order valence-electron chi connectivity index (χ4n) is 1.95. The maximum absolute atomic E-state index is 10.5. The highest BCUT2D eigenvalue weighted by Crippen LogP contribution is 2.25. The van der Waals surface area contributed by atoms with Crippen molar-refractivity contribution >= 4 is 11.4 Å². The Morgan fingerprint density at radius 3 is 2.22 bits per heavy atom. The molecule has 0 aliphatic carbocycles. The number of hydrogen-bond acceptors (Lipinski definition) is 4. The highest BCUT2D eigenvalue weighted by Gasteiger charge is 2.22. The van der Waals surface area contributed by atoms with Gasteiger partial charge in [-0.2, -0.15) is 0 Å². The van der Waals surface area contributed by atoms with E-state index in [-0.39, 0.29) is 17.6 Å². The summed E-state index contributed by atoms with van der Waals surface area (Å²) in [7, 11) is 0. The van der Waals surface area contributed by atoms with E-state index in [2.05, 4.69) is 6.58 Å². The first-order valence-corrected chi connectivity index (χ1v) is 5.72. The summed E-state index contributed by atoms with van der Waals surface area (Å²) in [6.07, 6.45) is 0. The fraction of sp³-hybridized carbons (Fsp3) is 0.385. The molecule has 0 radical (unpaired) electrons. The number of nitro benzene ring substituents is 1. The molecule has 0 aliphatic heterocycles. The Labute approximate surface area is 106 Å². The molecule has 1 atom stereocenters. The van der Waals surface area contributed by atoms with E-state index in [0.29, 0.717) is 5.69 Å². The van der Waals surface area contributed by atoms with E-state index in [9.17, 15) is 15.3 Å². The Hall–Kier alpha value is -1.88. The summed E-state index contributed by atoms with van der Waals surface area (Å²) < 4.78 is 0. The summed E-state index contributed by atoms with van der Waals surface area (Å²) in [5.41, 5.74) is 1.36. The molecule has 18 heavy (non-hydrogen) atoms.